The molecule has 0 aliphatic heterocycles. The molecule has 156 valence electrons. The first kappa shape index (κ1) is 22.5. The smallest absolute Gasteiger partial charge is 0.185 e. The summed E-state index contributed by atoms with van der Waals surface area (Å²) >= 11 is 0. The van der Waals surface area contributed by atoms with Crippen molar-refractivity contribution in [3.05, 3.63) is 11.1 Å². The maximum Gasteiger partial charge on any atom is 0.185 e. The molecule has 0 unspecified atom stereocenters. The highest BCUT2D eigenvalue weighted by Gasteiger charge is 2.51. The standard InChI is InChI=1S/C21H37N3O2.ClH/c1-20(2)8-7-15-16(11-24-19(22)23)18(5-4-17(15)20)21(3)9-6-14(26)10-13(21)12-25;/h13-14,16,18,25-26H,4-12H2,1-3H3,(H4,22,23,24);1H/t13-,14+,16+,18+,21-;/m1./s1. The molecule has 1 saturated carbocycles. The van der Waals surface area contributed by atoms with Gasteiger partial charge in [-0.3, -0.25) is 4.99 Å². The lowest BCUT2D eigenvalue weighted by Crippen LogP contribution is -2.48. The van der Waals surface area contributed by atoms with Gasteiger partial charge in [0.15, 0.2) is 5.96 Å². The van der Waals surface area contributed by atoms with E-state index in [2.05, 4.69) is 25.8 Å². The van der Waals surface area contributed by atoms with E-state index in [4.69, 9.17) is 11.5 Å². The minimum absolute atomic E-state index is 0. The van der Waals surface area contributed by atoms with Gasteiger partial charge in [-0.15, -0.1) is 12.4 Å². The Morgan fingerprint density at radius 3 is 2.48 bits per heavy atom. The maximum atomic E-state index is 10.1. The summed E-state index contributed by atoms with van der Waals surface area (Å²) in [4.78, 5) is 4.42. The number of nitrogens with zero attached hydrogens (tertiary/aromatic N) is 1. The molecule has 0 aromatic carbocycles. The first-order valence-corrected chi connectivity index (χ1v) is 10.3. The fraction of sp³-hybridized carbons (Fsp3) is 0.857. The van der Waals surface area contributed by atoms with Crippen molar-refractivity contribution in [1.82, 2.24) is 0 Å². The van der Waals surface area contributed by atoms with Crippen molar-refractivity contribution in [3.8, 4) is 0 Å². The third-order valence-corrected chi connectivity index (χ3v) is 7.91. The molecule has 0 aromatic rings. The van der Waals surface area contributed by atoms with Crippen molar-refractivity contribution in [2.75, 3.05) is 13.2 Å². The van der Waals surface area contributed by atoms with Crippen LogP contribution in [-0.2, 0) is 0 Å². The lowest BCUT2D eigenvalue weighted by molar-refractivity contribution is -0.0574. The first-order valence-electron chi connectivity index (χ1n) is 10.3. The molecular formula is C21H38ClN3O2. The quantitative estimate of drug-likeness (QED) is 0.331. The normalized spacial score (nSPS) is 38.1. The Morgan fingerprint density at radius 1 is 1.15 bits per heavy atom. The summed E-state index contributed by atoms with van der Waals surface area (Å²) in [5.74, 6) is 1.13. The highest BCUT2D eigenvalue weighted by molar-refractivity contribution is 5.85. The van der Waals surface area contributed by atoms with Gasteiger partial charge in [-0.25, -0.2) is 0 Å². The number of rotatable bonds is 4. The first-order chi connectivity index (χ1) is 12.2. The second-order valence-electron chi connectivity index (χ2n) is 9.72. The molecule has 6 heteroatoms. The van der Waals surface area contributed by atoms with Gasteiger partial charge in [0.1, 0.15) is 0 Å². The minimum atomic E-state index is -0.278. The Morgan fingerprint density at radius 2 is 1.85 bits per heavy atom. The Labute approximate surface area is 170 Å². The van der Waals surface area contributed by atoms with Gasteiger partial charge in [0.2, 0.25) is 0 Å². The molecule has 6 N–H and O–H groups in total. The van der Waals surface area contributed by atoms with Crippen molar-refractivity contribution in [1.29, 1.82) is 0 Å². The highest BCUT2D eigenvalue weighted by Crippen LogP contribution is 2.59. The van der Waals surface area contributed by atoms with E-state index >= 15 is 0 Å². The van der Waals surface area contributed by atoms with Gasteiger partial charge < -0.3 is 21.7 Å². The van der Waals surface area contributed by atoms with E-state index in [0.717, 1.165) is 32.1 Å². The van der Waals surface area contributed by atoms with Gasteiger partial charge in [-0.1, -0.05) is 31.9 Å². The fourth-order valence-corrected chi connectivity index (χ4v) is 6.23. The van der Waals surface area contributed by atoms with Crippen molar-refractivity contribution < 1.29 is 10.2 Å². The van der Waals surface area contributed by atoms with Gasteiger partial charge in [0.25, 0.3) is 0 Å². The molecule has 0 amide bonds. The number of aliphatic imine (C=N–C) groups is 1. The molecular weight excluding hydrogens is 362 g/mol. The molecule has 0 saturated heterocycles. The van der Waals surface area contributed by atoms with E-state index in [9.17, 15) is 10.2 Å². The Balaban J connectivity index is 0.00000261. The molecule has 5 atom stereocenters. The second kappa shape index (κ2) is 8.30. The average Bonchev–Trinajstić information content (AvgIpc) is 2.90. The molecule has 27 heavy (non-hydrogen) atoms. The van der Waals surface area contributed by atoms with Crippen molar-refractivity contribution in [3.63, 3.8) is 0 Å². The average molecular weight is 400 g/mol. The molecule has 3 aliphatic rings. The zero-order valence-corrected chi connectivity index (χ0v) is 17.9. The summed E-state index contributed by atoms with van der Waals surface area (Å²) in [6.45, 7) is 7.86. The van der Waals surface area contributed by atoms with Gasteiger partial charge in [-0.2, -0.15) is 0 Å². The summed E-state index contributed by atoms with van der Waals surface area (Å²) < 4.78 is 0. The molecule has 3 rings (SSSR count). The summed E-state index contributed by atoms with van der Waals surface area (Å²) in [7, 11) is 0. The van der Waals surface area contributed by atoms with Crippen LogP contribution in [0.4, 0.5) is 0 Å². The number of nitrogens with two attached hydrogens (primary N) is 2. The summed E-state index contributed by atoms with van der Waals surface area (Å²) in [6.07, 6.45) is 6.87. The molecule has 0 radical (unpaired) electrons. The number of hydrogen-bond donors (Lipinski definition) is 4. The van der Waals surface area contributed by atoms with Crippen LogP contribution in [0.5, 0.6) is 0 Å². The van der Waals surface area contributed by atoms with Crippen LogP contribution in [0.25, 0.3) is 0 Å². The van der Waals surface area contributed by atoms with E-state index in [0.29, 0.717) is 24.8 Å². The van der Waals surface area contributed by atoms with Crippen LogP contribution in [-0.4, -0.2) is 35.4 Å². The lowest BCUT2D eigenvalue weighted by Gasteiger charge is -2.52. The van der Waals surface area contributed by atoms with Crippen LogP contribution in [0, 0.1) is 28.6 Å². The van der Waals surface area contributed by atoms with Crippen LogP contribution in [0.3, 0.4) is 0 Å². The molecule has 0 aromatic heterocycles. The third kappa shape index (κ3) is 4.15. The summed E-state index contributed by atoms with van der Waals surface area (Å²) in [6, 6.07) is 0. The van der Waals surface area contributed by atoms with Gasteiger partial charge in [0.05, 0.1) is 6.10 Å². The molecule has 1 fully saturated rings. The number of halogens is 1. The Hall–Kier alpha value is -0.780. The number of guanidine groups is 1. The third-order valence-electron chi connectivity index (χ3n) is 7.91. The largest absolute Gasteiger partial charge is 0.396 e. The van der Waals surface area contributed by atoms with Crippen molar-refractivity contribution >= 4 is 18.4 Å². The van der Waals surface area contributed by atoms with E-state index < -0.39 is 0 Å². The zero-order chi connectivity index (χ0) is 19.1. The number of allylic oxidation sites excluding steroid dienone is 1. The number of hydrogen-bond acceptors (Lipinski definition) is 3. The SMILES string of the molecule is CC1(C)CCC2=C1CC[C@H]([C@]1(C)CC[C@H](O)C[C@@H]1CO)[C@H]2CN=C(N)N.Cl. The number of aliphatic hydroxyl groups is 2. The fourth-order valence-electron chi connectivity index (χ4n) is 6.23. The summed E-state index contributed by atoms with van der Waals surface area (Å²) in [5.41, 5.74) is 14.9. The van der Waals surface area contributed by atoms with E-state index in [1.807, 2.05) is 0 Å². The predicted octanol–water partition coefficient (Wildman–Crippen LogP) is 2.98. The van der Waals surface area contributed by atoms with E-state index in [1.165, 1.54) is 6.42 Å². The maximum absolute atomic E-state index is 10.1. The van der Waals surface area contributed by atoms with Crippen LogP contribution in [0.15, 0.2) is 16.1 Å². The van der Waals surface area contributed by atoms with Crippen LogP contribution >= 0.6 is 12.4 Å². The van der Waals surface area contributed by atoms with Gasteiger partial charge >= 0.3 is 0 Å². The highest BCUT2D eigenvalue weighted by atomic mass is 35.5. The van der Waals surface area contributed by atoms with Crippen molar-refractivity contribution in [2.45, 2.75) is 71.8 Å². The zero-order valence-electron chi connectivity index (χ0n) is 17.1. The molecule has 5 nitrogen and oxygen atoms in total. The topological polar surface area (TPSA) is 105 Å². The van der Waals surface area contributed by atoms with Gasteiger partial charge in [0, 0.05) is 19.1 Å². The molecule has 0 heterocycles. The molecule has 0 spiro atoms. The molecule has 0 bridgehead atoms. The molecule has 3 aliphatic carbocycles. The van der Waals surface area contributed by atoms with E-state index in [1.54, 1.807) is 11.1 Å². The lowest BCUT2D eigenvalue weighted by atomic mass is 9.53. The minimum Gasteiger partial charge on any atom is -0.396 e. The Bertz CT molecular complexity index is 600. The second-order valence-corrected chi connectivity index (χ2v) is 9.72. The van der Waals surface area contributed by atoms with Crippen LogP contribution in [0.1, 0.15) is 65.7 Å². The van der Waals surface area contributed by atoms with Gasteiger partial charge in [-0.05, 0) is 67.6 Å². The predicted molar refractivity (Wildman–Crippen MR) is 113 cm³/mol. The van der Waals surface area contributed by atoms with Crippen LogP contribution in [0.2, 0.25) is 0 Å². The van der Waals surface area contributed by atoms with Crippen molar-refractivity contribution in [2.24, 2.45) is 45.0 Å². The summed E-state index contributed by atoms with van der Waals surface area (Å²) in [5, 5.41) is 20.2. The monoisotopic (exact) mass is 399 g/mol. The van der Waals surface area contributed by atoms with Crippen LogP contribution < -0.4 is 11.5 Å². The Kier molecular flexibility index (Phi) is 6.92. The number of aliphatic hydroxyl groups excluding tert-OH is 2. The van der Waals surface area contributed by atoms with E-state index in [-0.39, 0.29) is 47.8 Å².